The summed E-state index contributed by atoms with van der Waals surface area (Å²) in [5.41, 5.74) is 6.99. The molecule has 0 bridgehead atoms. The lowest BCUT2D eigenvalue weighted by Crippen LogP contribution is -2.13. The summed E-state index contributed by atoms with van der Waals surface area (Å²) in [4.78, 5) is 0. The van der Waals surface area contributed by atoms with Gasteiger partial charge in [0.25, 0.3) is 0 Å². The molecule has 0 heterocycles. The van der Waals surface area contributed by atoms with Crippen LogP contribution in [0.15, 0.2) is 42.5 Å². The van der Waals surface area contributed by atoms with Gasteiger partial charge in [-0.15, -0.1) is 0 Å². The molecule has 0 atom stereocenters. The molecule has 2 aromatic carbocycles. The van der Waals surface area contributed by atoms with Crippen molar-refractivity contribution in [1.29, 1.82) is 5.41 Å². The molecule has 2 rings (SSSR count). The van der Waals surface area contributed by atoms with E-state index in [0.717, 1.165) is 5.56 Å². The average Bonchev–Trinajstić information content (AvgIpc) is 2.38. The SMILES string of the molecule is N=C(N)c1ccc(Cl)cc1OCc1ccc(Cl)cc1. The van der Waals surface area contributed by atoms with Gasteiger partial charge >= 0.3 is 0 Å². The van der Waals surface area contributed by atoms with Gasteiger partial charge in [-0.05, 0) is 35.9 Å². The van der Waals surface area contributed by atoms with Gasteiger partial charge in [0.05, 0.1) is 5.56 Å². The van der Waals surface area contributed by atoms with Gasteiger partial charge in [-0.1, -0.05) is 35.3 Å². The molecule has 0 aliphatic carbocycles. The Hall–Kier alpha value is -1.71. The third-order valence-corrected chi connectivity index (χ3v) is 3.03. The minimum Gasteiger partial charge on any atom is -0.488 e. The van der Waals surface area contributed by atoms with E-state index in [1.54, 1.807) is 30.3 Å². The van der Waals surface area contributed by atoms with Crippen molar-refractivity contribution < 1.29 is 4.74 Å². The summed E-state index contributed by atoms with van der Waals surface area (Å²) in [6.07, 6.45) is 0. The fourth-order valence-electron chi connectivity index (χ4n) is 1.58. The Morgan fingerprint density at radius 1 is 1.05 bits per heavy atom. The average molecular weight is 295 g/mol. The first-order valence-corrected chi connectivity index (χ1v) is 6.33. The van der Waals surface area contributed by atoms with Crippen LogP contribution in [0, 0.1) is 5.41 Å². The van der Waals surface area contributed by atoms with Gasteiger partial charge in [0.15, 0.2) is 0 Å². The summed E-state index contributed by atoms with van der Waals surface area (Å²) in [6.45, 7) is 0.359. The summed E-state index contributed by atoms with van der Waals surface area (Å²) in [5, 5.41) is 8.71. The highest BCUT2D eigenvalue weighted by Crippen LogP contribution is 2.24. The van der Waals surface area contributed by atoms with Gasteiger partial charge in [-0.3, -0.25) is 5.41 Å². The van der Waals surface area contributed by atoms with Crippen molar-refractivity contribution in [3.63, 3.8) is 0 Å². The highest BCUT2D eigenvalue weighted by molar-refractivity contribution is 6.31. The van der Waals surface area contributed by atoms with Crippen LogP contribution in [0.5, 0.6) is 5.75 Å². The fraction of sp³-hybridized carbons (Fsp3) is 0.0714. The molecule has 0 fully saturated rings. The van der Waals surface area contributed by atoms with Crippen molar-refractivity contribution in [2.24, 2.45) is 5.73 Å². The van der Waals surface area contributed by atoms with Gasteiger partial charge in [0.2, 0.25) is 0 Å². The molecular formula is C14H12Cl2N2O. The van der Waals surface area contributed by atoms with Gasteiger partial charge in [0.1, 0.15) is 18.2 Å². The minimum atomic E-state index is -0.0530. The molecule has 19 heavy (non-hydrogen) atoms. The van der Waals surface area contributed by atoms with Gasteiger partial charge in [-0.25, -0.2) is 0 Å². The number of nitrogen functional groups attached to an aromatic ring is 1. The van der Waals surface area contributed by atoms with Crippen molar-refractivity contribution in [3.05, 3.63) is 63.6 Å². The molecule has 0 aliphatic rings. The van der Waals surface area contributed by atoms with Crippen molar-refractivity contribution in [1.82, 2.24) is 0 Å². The molecule has 0 aromatic heterocycles. The second-order valence-corrected chi connectivity index (χ2v) is 4.84. The number of amidine groups is 1. The first-order chi connectivity index (χ1) is 9.06. The summed E-state index contributed by atoms with van der Waals surface area (Å²) in [7, 11) is 0. The Kier molecular flexibility index (Phi) is 4.30. The van der Waals surface area contributed by atoms with E-state index < -0.39 is 0 Å². The molecule has 3 nitrogen and oxygen atoms in total. The zero-order valence-corrected chi connectivity index (χ0v) is 11.5. The van der Waals surface area contributed by atoms with Crippen LogP contribution in [0.25, 0.3) is 0 Å². The molecule has 5 heteroatoms. The number of nitrogens with one attached hydrogen (secondary N) is 1. The number of rotatable bonds is 4. The number of nitrogens with two attached hydrogens (primary N) is 1. The molecule has 0 unspecified atom stereocenters. The maximum atomic E-state index is 7.50. The molecular weight excluding hydrogens is 283 g/mol. The maximum absolute atomic E-state index is 7.50. The molecule has 0 saturated heterocycles. The van der Waals surface area contributed by atoms with E-state index in [4.69, 9.17) is 39.1 Å². The van der Waals surface area contributed by atoms with Gasteiger partial charge < -0.3 is 10.5 Å². The van der Waals surface area contributed by atoms with E-state index in [1.165, 1.54) is 0 Å². The molecule has 0 saturated carbocycles. The third kappa shape index (κ3) is 3.63. The molecule has 0 amide bonds. The smallest absolute Gasteiger partial charge is 0.132 e. The Morgan fingerprint density at radius 2 is 1.68 bits per heavy atom. The van der Waals surface area contributed by atoms with E-state index in [-0.39, 0.29) is 5.84 Å². The molecule has 2 aromatic rings. The second kappa shape index (κ2) is 5.95. The highest BCUT2D eigenvalue weighted by Gasteiger charge is 2.07. The molecule has 0 radical (unpaired) electrons. The second-order valence-electron chi connectivity index (χ2n) is 3.97. The third-order valence-electron chi connectivity index (χ3n) is 2.54. The van der Waals surface area contributed by atoms with Crippen molar-refractivity contribution in [2.75, 3.05) is 0 Å². The lowest BCUT2D eigenvalue weighted by molar-refractivity contribution is 0.305. The predicted octanol–water partition coefficient (Wildman–Crippen LogP) is 3.86. The van der Waals surface area contributed by atoms with Crippen LogP contribution in [0.1, 0.15) is 11.1 Å². The zero-order valence-electron chi connectivity index (χ0n) is 9.99. The number of hydrogen-bond acceptors (Lipinski definition) is 2. The predicted molar refractivity (Wildman–Crippen MR) is 78.3 cm³/mol. The van der Waals surface area contributed by atoms with E-state index in [1.807, 2.05) is 12.1 Å². The number of halogens is 2. The molecule has 3 N–H and O–H groups in total. The van der Waals surface area contributed by atoms with Crippen LogP contribution in [0.2, 0.25) is 10.0 Å². The quantitative estimate of drug-likeness (QED) is 0.664. The van der Waals surface area contributed by atoms with E-state index in [2.05, 4.69) is 0 Å². The number of ether oxygens (including phenoxy) is 1. The zero-order chi connectivity index (χ0) is 13.8. The summed E-state index contributed by atoms with van der Waals surface area (Å²) >= 11 is 11.7. The van der Waals surface area contributed by atoms with Crippen LogP contribution in [-0.2, 0) is 6.61 Å². The first kappa shape index (κ1) is 13.7. The molecule has 98 valence electrons. The van der Waals surface area contributed by atoms with Gasteiger partial charge in [0, 0.05) is 10.0 Å². The Morgan fingerprint density at radius 3 is 2.32 bits per heavy atom. The highest BCUT2D eigenvalue weighted by atomic mass is 35.5. The fourth-order valence-corrected chi connectivity index (χ4v) is 1.87. The Balaban J connectivity index is 2.16. The normalized spacial score (nSPS) is 10.2. The van der Waals surface area contributed by atoms with Crippen LogP contribution in [-0.4, -0.2) is 5.84 Å². The van der Waals surface area contributed by atoms with E-state index in [9.17, 15) is 0 Å². The standard InChI is InChI=1S/C14H12Cl2N2O/c15-10-3-1-9(2-4-10)8-19-13-7-11(16)5-6-12(13)14(17)18/h1-7H,8H2,(H3,17,18). The largest absolute Gasteiger partial charge is 0.488 e. The summed E-state index contributed by atoms with van der Waals surface area (Å²) in [6, 6.07) is 12.3. The van der Waals surface area contributed by atoms with Crippen LogP contribution >= 0.6 is 23.2 Å². The van der Waals surface area contributed by atoms with Crippen molar-refractivity contribution in [3.8, 4) is 5.75 Å². The lowest BCUT2D eigenvalue weighted by Gasteiger charge is -2.11. The topological polar surface area (TPSA) is 59.1 Å². The van der Waals surface area contributed by atoms with Gasteiger partial charge in [-0.2, -0.15) is 0 Å². The van der Waals surface area contributed by atoms with Crippen molar-refractivity contribution in [2.45, 2.75) is 6.61 Å². The van der Waals surface area contributed by atoms with Crippen LogP contribution in [0.4, 0.5) is 0 Å². The van der Waals surface area contributed by atoms with E-state index in [0.29, 0.717) is 28.0 Å². The monoisotopic (exact) mass is 294 g/mol. The molecule has 0 aliphatic heterocycles. The first-order valence-electron chi connectivity index (χ1n) is 5.57. The maximum Gasteiger partial charge on any atom is 0.132 e. The van der Waals surface area contributed by atoms with Crippen LogP contribution < -0.4 is 10.5 Å². The number of benzene rings is 2. The van der Waals surface area contributed by atoms with Crippen molar-refractivity contribution >= 4 is 29.0 Å². The molecule has 0 spiro atoms. The Labute approximate surface area is 121 Å². The lowest BCUT2D eigenvalue weighted by atomic mass is 10.2. The number of hydrogen-bond donors (Lipinski definition) is 2. The summed E-state index contributed by atoms with van der Waals surface area (Å²) < 4.78 is 5.66. The van der Waals surface area contributed by atoms with Crippen LogP contribution in [0.3, 0.4) is 0 Å². The van der Waals surface area contributed by atoms with E-state index >= 15 is 0 Å². The Bertz CT molecular complexity index is 597. The minimum absolute atomic E-state index is 0.0530. The summed E-state index contributed by atoms with van der Waals surface area (Å²) in [5.74, 6) is 0.442.